The van der Waals surface area contributed by atoms with E-state index in [1.54, 1.807) is 0 Å². The summed E-state index contributed by atoms with van der Waals surface area (Å²) in [5.74, 6) is -1.35. The van der Waals surface area contributed by atoms with E-state index in [2.05, 4.69) is 34.6 Å². The molecule has 19 heteroatoms. The Balaban J connectivity index is 5.24. The highest BCUT2D eigenvalue weighted by atomic mass is 31.2. The van der Waals surface area contributed by atoms with Gasteiger partial charge in [-0.1, -0.05) is 285 Å². The van der Waals surface area contributed by atoms with E-state index in [9.17, 15) is 43.2 Å². The molecule has 0 radical (unpaired) electrons. The number of esters is 4. The van der Waals surface area contributed by atoms with Gasteiger partial charge in [0, 0.05) is 25.7 Å². The molecular formula is C66H128O17P2. The van der Waals surface area contributed by atoms with Crippen LogP contribution in [0.4, 0.5) is 0 Å². The zero-order valence-electron chi connectivity index (χ0n) is 54.7. The normalized spacial score (nSPS) is 14.5. The topological polar surface area (TPSA) is 237 Å². The summed E-state index contributed by atoms with van der Waals surface area (Å²) in [7, 11) is -9.89. The second kappa shape index (κ2) is 59.7. The van der Waals surface area contributed by atoms with E-state index >= 15 is 0 Å². The first kappa shape index (κ1) is 83.1. The van der Waals surface area contributed by atoms with Crippen LogP contribution in [-0.4, -0.2) is 96.7 Å². The largest absolute Gasteiger partial charge is 0.472 e. The van der Waals surface area contributed by atoms with Crippen LogP contribution in [0, 0.1) is 5.92 Å². The third-order valence-corrected chi connectivity index (χ3v) is 17.5. The van der Waals surface area contributed by atoms with Crippen LogP contribution in [0.25, 0.3) is 0 Å². The summed E-state index contributed by atoms with van der Waals surface area (Å²) in [5.41, 5.74) is 0. The molecule has 0 aromatic carbocycles. The highest BCUT2D eigenvalue weighted by molar-refractivity contribution is 7.47. The van der Waals surface area contributed by atoms with Crippen molar-refractivity contribution in [3.63, 3.8) is 0 Å². The predicted molar refractivity (Wildman–Crippen MR) is 340 cm³/mol. The molecule has 6 atom stereocenters. The first-order valence-electron chi connectivity index (χ1n) is 34.7. The number of phosphoric acid groups is 2. The number of rotatable bonds is 66. The number of aliphatic hydroxyl groups excluding tert-OH is 1. The van der Waals surface area contributed by atoms with Gasteiger partial charge < -0.3 is 33.8 Å². The van der Waals surface area contributed by atoms with Crippen LogP contribution in [0.5, 0.6) is 0 Å². The average molecular weight is 1260 g/mol. The SMILES string of the molecule is CCCCCCCCCCCCCCCCC(=O)O[C@H](COC(=O)CCCCCCCCCCC(C)CC)COP(=O)(O)OC[C@@H](O)COP(=O)(O)OC[C@@H](COC(=O)CCCCCCCCCCC)OC(=O)CCCCCCCCCCCC. The lowest BCUT2D eigenvalue weighted by Gasteiger charge is -2.21. The predicted octanol–water partition coefficient (Wildman–Crippen LogP) is 18.6. The van der Waals surface area contributed by atoms with Gasteiger partial charge in [-0.05, 0) is 31.6 Å². The van der Waals surface area contributed by atoms with Gasteiger partial charge in [0.05, 0.1) is 26.4 Å². The third kappa shape index (κ3) is 59.5. The molecule has 0 aromatic rings. The van der Waals surface area contributed by atoms with Crippen molar-refractivity contribution in [2.75, 3.05) is 39.6 Å². The minimum absolute atomic E-state index is 0.106. The minimum atomic E-state index is -4.95. The van der Waals surface area contributed by atoms with E-state index in [-0.39, 0.29) is 25.7 Å². The summed E-state index contributed by atoms with van der Waals surface area (Å²) in [4.78, 5) is 72.3. The number of carbonyl (C=O) groups excluding carboxylic acids is 4. The summed E-state index contributed by atoms with van der Waals surface area (Å²) in [6.07, 6.45) is 44.3. The van der Waals surface area contributed by atoms with Gasteiger partial charge in [-0.15, -0.1) is 0 Å². The molecule has 0 spiro atoms. The van der Waals surface area contributed by atoms with E-state index in [1.165, 1.54) is 161 Å². The first-order valence-corrected chi connectivity index (χ1v) is 37.7. The lowest BCUT2D eigenvalue weighted by Crippen LogP contribution is -2.30. The van der Waals surface area contributed by atoms with Crippen molar-refractivity contribution in [2.45, 2.75) is 355 Å². The van der Waals surface area contributed by atoms with Crippen LogP contribution in [0.1, 0.15) is 336 Å². The van der Waals surface area contributed by atoms with E-state index in [0.717, 1.165) is 95.8 Å². The zero-order valence-corrected chi connectivity index (χ0v) is 56.5. The Morgan fingerprint density at radius 1 is 0.329 bits per heavy atom. The number of hydrogen-bond donors (Lipinski definition) is 3. The molecule has 0 bridgehead atoms. The molecule has 0 amide bonds. The molecule has 504 valence electrons. The molecule has 0 saturated carbocycles. The maximum atomic E-state index is 13.0. The van der Waals surface area contributed by atoms with Crippen LogP contribution in [0.3, 0.4) is 0 Å². The fraction of sp³-hybridized carbons (Fsp3) is 0.939. The summed E-state index contributed by atoms with van der Waals surface area (Å²) in [6.45, 7) is 7.20. The van der Waals surface area contributed by atoms with Crippen LogP contribution in [0.15, 0.2) is 0 Å². The minimum Gasteiger partial charge on any atom is -0.462 e. The van der Waals surface area contributed by atoms with Crippen molar-refractivity contribution < 1.29 is 80.2 Å². The second-order valence-electron chi connectivity index (χ2n) is 24.1. The Labute approximate surface area is 517 Å². The number of phosphoric ester groups is 2. The lowest BCUT2D eigenvalue weighted by atomic mass is 9.99. The molecular weight excluding hydrogens is 1130 g/mol. The highest BCUT2D eigenvalue weighted by Crippen LogP contribution is 2.45. The number of ether oxygens (including phenoxy) is 4. The van der Waals surface area contributed by atoms with Gasteiger partial charge in [-0.2, -0.15) is 0 Å². The molecule has 0 aliphatic carbocycles. The Kier molecular flexibility index (Phi) is 58.3. The van der Waals surface area contributed by atoms with E-state index in [0.29, 0.717) is 25.7 Å². The first-order chi connectivity index (χ1) is 41.1. The number of carbonyl (C=O) groups is 4. The zero-order chi connectivity index (χ0) is 62.8. The third-order valence-electron chi connectivity index (χ3n) is 15.6. The quantitative estimate of drug-likeness (QED) is 0.0222. The summed E-state index contributed by atoms with van der Waals surface area (Å²) >= 11 is 0. The van der Waals surface area contributed by atoms with Crippen molar-refractivity contribution in [1.82, 2.24) is 0 Å². The molecule has 0 aliphatic rings. The Morgan fingerprint density at radius 3 is 0.835 bits per heavy atom. The van der Waals surface area contributed by atoms with Crippen molar-refractivity contribution in [3.05, 3.63) is 0 Å². The number of unbranched alkanes of at least 4 members (excludes halogenated alkanes) is 37. The summed E-state index contributed by atoms with van der Waals surface area (Å²) < 4.78 is 68.1. The van der Waals surface area contributed by atoms with Crippen molar-refractivity contribution in [1.29, 1.82) is 0 Å². The Bertz CT molecular complexity index is 1650. The molecule has 0 aromatic heterocycles. The summed E-state index contributed by atoms with van der Waals surface area (Å²) in [5, 5.41) is 10.5. The molecule has 0 fully saturated rings. The molecule has 0 rings (SSSR count). The Morgan fingerprint density at radius 2 is 0.565 bits per heavy atom. The number of hydrogen-bond acceptors (Lipinski definition) is 15. The van der Waals surface area contributed by atoms with Crippen LogP contribution >= 0.6 is 15.6 Å². The van der Waals surface area contributed by atoms with Crippen molar-refractivity contribution in [3.8, 4) is 0 Å². The fourth-order valence-corrected chi connectivity index (χ4v) is 11.5. The molecule has 0 heterocycles. The monoisotopic (exact) mass is 1250 g/mol. The van der Waals surface area contributed by atoms with E-state index in [4.69, 9.17) is 37.0 Å². The van der Waals surface area contributed by atoms with Crippen molar-refractivity contribution >= 4 is 39.5 Å². The molecule has 3 unspecified atom stereocenters. The van der Waals surface area contributed by atoms with Crippen LogP contribution < -0.4 is 0 Å². The maximum Gasteiger partial charge on any atom is 0.472 e. The van der Waals surface area contributed by atoms with Crippen molar-refractivity contribution in [2.24, 2.45) is 5.92 Å². The second-order valence-corrected chi connectivity index (χ2v) is 27.0. The standard InChI is InChI=1S/C66H128O17P2/c1-6-10-13-16-19-22-24-25-26-27-30-37-42-47-52-66(71)83-62(56-77-64(69)50-45-40-35-32-31-33-38-43-48-59(5)9-4)58-81-85(74,75)79-54-60(67)53-78-84(72,73)80-57-61(55-76-63(68)49-44-39-34-28-21-18-15-12-8-3)82-65(70)51-46-41-36-29-23-20-17-14-11-7-2/h59-62,67H,6-58H2,1-5H3,(H,72,73)(H,74,75)/t59?,60-,61+,62+/m0/s1. The lowest BCUT2D eigenvalue weighted by molar-refractivity contribution is -0.161. The molecule has 3 N–H and O–H groups in total. The van der Waals surface area contributed by atoms with Gasteiger partial charge in [0.2, 0.25) is 0 Å². The van der Waals surface area contributed by atoms with Crippen LogP contribution in [0.2, 0.25) is 0 Å². The van der Waals surface area contributed by atoms with Gasteiger partial charge in [0.25, 0.3) is 0 Å². The average Bonchev–Trinajstić information content (AvgIpc) is 3.56. The molecule has 17 nitrogen and oxygen atoms in total. The van der Waals surface area contributed by atoms with Gasteiger partial charge >= 0.3 is 39.5 Å². The highest BCUT2D eigenvalue weighted by Gasteiger charge is 2.30. The molecule has 0 saturated heterocycles. The van der Waals surface area contributed by atoms with Crippen LogP contribution in [-0.2, 0) is 65.4 Å². The molecule has 0 aliphatic heterocycles. The smallest absolute Gasteiger partial charge is 0.462 e. The van der Waals surface area contributed by atoms with Gasteiger partial charge in [-0.25, -0.2) is 9.13 Å². The van der Waals surface area contributed by atoms with E-state index in [1.807, 2.05) is 0 Å². The number of aliphatic hydroxyl groups is 1. The van der Waals surface area contributed by atoms with E-state index < -0.39 is 97.5 Å². The maximum absolute atomic E-state index is 13.0. The molecule has 85 heavy (non-hydrogen) atoms. The fourth-order valence-electron chi connectivity index (χ4n) is 9.90. The van der Waals surface area contributed by atoms with Gasteiger partial charge in [0.1, 0.15) is 19.3 Å². The Hall–Kier alpha value is -1.94. The van der Waals surface area contributed by atoms with Gasteiger partial charge in [0.15, 0.2) is 12.2 Å². The summed E-state index contributed by atoms with van der Waals surface area (Å²) in [6, 6.07) is 0. The van der Waals surface area contributed by atoms with Gasteiger partial charge in [-0.3, -0.25) is 37.3 Å².